The van der Waals surface area contributed by atoms with Gasteiger partial charge in [-0.05, 0) is 37.5 Å². The lowest BCUT2D eigenvalue weighted by molar-refractivity contribution is -0.125. The molecule has 0 spiro atoms. The maximum absolute atomic E-state index is 12.6. The molecule has 1 aromatic heterocycles. The Morgan fingerprint density at radius 1 is 1.21 bits per heavy atom. The Morgan fingerprint density at radius 3 is 2.59 bits per heavy atom. The molecule has 0 saturated carbocycles. The number of hydrogen-bond acceptors (Lipinski definition) is 5. The van der Waals surface area contributed by atoms with Crippen LogP contribution in [0.15, 0.2) is 53.7 Å². The second kappa shape index (κ2) is 10.2. The SMILES string of the molecule is Cc1ccc(CSCCNC(=O)C2CCN(S(=O)(=O)c3cccnc3)CC2)cc1. The van der Waals surface area contributed by atoms with E-state index in [1.54, 1.807) is 30.1 Å². The summed E-state index contributed by atoms with van der Waals surface area (Å²) in [5.41, 5.74) is 2.54. The van der Waals surface area contributed by atoms with E-state index in [9.17, 15) is 13.2 Å². The molecule has 29 heavy (non-hydrogen) atoms. The summed E-state index contributed by atoms with van der Waals surface area (Å²) in [5, 5.41) is 3.00. The van der Waals surface area contributed by atoms with Gasteiger partial charge in [0.2, 0.25) is 15.9 Å². The van der Waals surface area contributed by atoms with Gasteiger partial charge >= 0.3 is 0 Å². The van der Waals surface area contributed by atoms with E-state index in [2.05, 4.69) is 41.5 Å². The van der Waals surface area contributed by atoms with E-state index in [0.29, 0.717) is 32.5 Å². The Bertz CT molecular complexity index is 895. The quantitative estimate of drug-likeness (QED) is 0.648. The highest BCUT2D eigenvalue weighted by Crippen LogP contribution is 2.23. The molecule has 6 nitrogen and oxygen atoms in total. The van der Waals surface area contributed by atoms with Crippen molar-refractivity contribution < 1.29 is 13.2 Å². The molecule has 1 aromatic carbocycles. The number of hydrogen-bond donors (Lipinski definition) is 1. The lowest BCUT2D eigenvalue weighted by Gasteiger charge is -2.30. The minimum Gasteiger partial charge on any atom is -0.355 e. The van der Waals surface area contributed by atoms with E-state index in [1.165, 1.54) is 21.6 Å². The first-order valence-electron chi connectivity index (χ1n) is 9.78. The van der Waals surface area contributed by atoms with Crippen molar-refractivity contribution in [2.24, 2.45) is 5.92 Å². The van der Waals surface area contributed by atoms with Gasteiger partial charge in [-0.3, -0.25) is 9.78 Å². The highest BCUT2D eigenvalue weighted by atomic mass is 32.2. The second-order valence-corrected chi connectivity index (χ2v) is 10.2. The van der Waals surface area contributed by atoms with Crippen molar-refractivity contribution in [1.82, 2.24) is 14.6 Å². The molecule has 2 heterocycles. The number of sulfonamides is 1. The third kappa shape index (κ3) is 6.04. The van der Waals surface area contributed by atoms with Crippen LogP contribution in [0, 0.1) is 12.8 Å². The van der Waals surface area contributed by atoms with E-state index in [1.807, 2.05) is 0 Å². The molecule has 0 unspecified atom stereocenters. The number of rotatable bonds is 8. The normalized spacial score (nSPS) is 15.9. The molecule has 1 aliphatic rings. The highest BCUT2D eigenvalue weighted by Gasteiger charge is 2.32. The lowest BCUT2D eigenvalue weighted by atomic mass is 9.97. The van der Waals surface area contributed by atoms with Crippen LogP contribution < -0.4 is 5.32 Å². The number of benzene rings is 1. The zero-order valence-electron chi connectivity index (χ0n) is 16.6. The Hall–Kier alpha value is -1.90. The summed E-state index contributed by atoms with van der Waals surface area (Å²) in [5.74, 6) is 1.69. The molecule has 0 radical (unpaired) electrons. The van der Waals surface area contributed by atoms with Crippen molar-refractivity contribution in [2.75, 3.05) is 25.4 Å². The summed E-state index contributed by atoms with van der Waals surface area (Å²) < 4.78 is 26.7. The fourth-order valence-electron chi connectivity index (χ4n) is 3.27. The fourth-order valence-corrected chi connectivity index (χ4v) is 5.53. The molecular formula is C21H27N3O3S2. The number of nitrogens with one attached hydrogen (secondary N) is 1. The molecule has 156 valence electrons. The summed E-state index contributed by atoms with van der Waals surface area (Å²) >= 11 is 1.79. The van der Waals surface area contributed by atoms with Gasteiger partial charge in [0, 0.05) is 49.5 Å². The Labute approximate surface area is 177 Å². The molecule has 0 atom stereocenters. The van der Waals surface area contributed by atoms with E-state index in [4.69, 9.17) is 0 Å². The standard InChI is InChI=1S/C21H27N3O3S2/c1-17-4-6-18(7-5-17)16-28-14-11-23-21(25)19-8-12-24(13-9-19)29(26,27)20-3-2-10-22-15-20/h2-7,10,15,19H,8-9,11-14,16H2,1H3,(H,23,25). The van der Waals surface area contributed by atoms with Gasteiger partial charge in [0.05, 0.1) is 0 Å². The molecule has 0 aliphatic carbocycles. The van der Waals surface area contributed by atoms with Gasteiger partial charge in [-0.15, -0.1) is 0 Å². The first-order valence-corrected chi connectivity index (χ1v) is 12.4. The number of carbonyl (C=O) groups excluding carboxylic acids is 1. The fraction of sp³-hybridized carbons (Fsp3) is 0.429. The number of pyridine rings is 1. The van der Waals surface area contributed by atoms with Gasteiger partial charge in [-0.25, -0.2) is 8.42 Å². The van der Waals surface area contributed by atoms with Crippen LogP contribution in [-0.2, 0) is 20.6 Å². The number of aromatic nitrogens is 1. The number of thioether (sulfide) groups is 1. The molecule has 0 bridgehead atoms. The number of carbonyl (C=O) groups is 1. The van der Waals surface area contributed by atoms with E-state index < -0.39 is 10.0 Å². The van der Waals surface area contributed by atoms with Crippen LogP contribution >= 0.6 is 11.8 Å². The molecule has 1 fully saturated rings. The summed E-state index contributed by atoms with van der Waals surface area (Å²) in [6.45, 7) is 3.42. The van der Waals surface area contributed by atoms with Crippen molar-refractivity contribution in [2.45, 2.75) is 30.4 Å². The molecule has 1 N–H and O–H groups in total. The molecule has 2 aromatic rings. The summed E-state index contributed by atoms with van der Waals surface area (Å²) in [4.78, 5) is 16.5. The molecule has 1 saturated heterocycles. The highest BCUT2D eigenvalue weighted by molar-refractivity contribution is 7.98. The van der Waals surface area contributed by atoms with Crippen molar-refractivity contribution >= 4 is 27.7 Å². The Balaban J connectivity index is 1.37. The van der Waals surface area contributed by atoms with Crippen LogP contribution in [-0.4, -0.2) is 49.0 Å². The van der Waals surface area contributed by atoms with Gasteiger partial charge in [0.15, 0.2) is 0 Å². The monoisotopic (exact) mass is 433 g/mol. The molecule has 1 aliphatic heterocycles. The summed E-state index contributed by atoms with van der Waals surface area (Å²) in [6.07, 6.45) is 4.00. The minimum atomic E-state index is -3.53. The van der Waals surface area contributed by atoms with E-state index >= 15 is 0 Å². The van der Waals surface area contributed by atoms with Gasteiger partial charge in [-0.1, -0.05) is 29.8 Å². The van der Waals surface area contributed by atoms with Crippen molar-refractivity contribution in [1.29, 1.82) is 0 Å². The van der Waals surface area contributed by atoms with Gasteiger partial charge in [-0.2, -0.15) is 16.1 Å². The number of piperidine rings is 1. The lowest BCUT2D eigenvalue weighted by Crippen LogP contribution is -2.43. The zero-order chi connectivity index (χ0) is 20.7. The van der Waals surface area contributed by atoms with Crippen LogP contribution in [0.3, 0.4) is 0 Å². The molecule has 3 rings (SSSR count). The Kier molecular flexibility index (Phi) is 7.69. The minimum absolute atomic E-state index is 0.0272. The van der Waals surface area contributed by atoms with E-state index in [0.717, 1.165) is 11.5 Å². The number of nitrogens with zero attached hydrogens (tertiary/aromatic N) is 2. The topological polar surface area (TPSA) is 79.4 Å². The summed E-state index contributed by atoms with van der Waals surface area (Å²) in [7, 11) is -3.53. The third-order valence-corrected chi connectivity index (χ3v) is 7.94. The molecular weight excluding hydrogens is 406 g/mol. The average Bonchev–Trinajstić information content (AvgIpc) is 2.75. The van der Waals surface area contributed by atoms with Crippen molar-refractivity contribution in [3.05, 3.63) is 59.9 Å². The van der Waals surface area contributed by atoms with Gasteiger partial charge < -0.3 is 5.32 Å². The maximum atomic E-state index is 12.6. The van der Waals surface area contributed by atoms with Gasteiger partial charge in [0.1, 0.15) is 4.90 Å². The van der Waals surface area contributed by atoms with Crippen LogP contribution in [0.2, 0.25) is 0 Å². The average molecular weight is 434 g/mol. The number of aryl methyl sites for hydroxylation is 1. The smallest absolute Gasteiger partial charge is 0.244 e. The van der Waals surface area contributed by atoms with Crippen LogP contribution in [0.4, 0.5) is 0 Å². The van der Waals surface area contributed by atoms with Crippen LogP contribution in [0.25, 0.3) is 0 Å². The maximum Gasteiger partial charge on any atom is 0.244 e. The zero-order valence-corrected chi connectivity index (χ0v) is 18.2. The van der Waals surface area contributed by atoms with E-state index in [-0.39, 0.29) is 16.7 Å². The second-order valence-electron chi connectivity index (χ2n) is 7.20. The van der Waals surface area contributed by atoms with Crippen LogP contribution in [0.5, 0.6) is 0 Å². The van der Waals surface area contributed by atoms with Crippen molar-refractivity contribution in [3.8, 4) is 0 Å². The predicted molar refractivity (Wildman–Crippen MR) is 116 cm³/mol. The summed E-state index contributed by atoms with van der Waals surface area (Å²) in [6, 6.07) is 11.7. The third-order valence-electron chi connectivity index (χ3n) is 5.03. The van der Waals surface area contributed by atoms with Crippen LogP contribution in [0.1, 0.15) is 24.0 Å². The number of amides is 1. The first-order chi connectivity index (χ1) is 14.0. The first kappa shape index (κ1) is 21.8. The molecule has 1 amide bonds. The predicted octanol–water partition coefficient (Wildman–Crippen LogP) is 2.84. The molecule has 8 heteroatoms. The Morgan fingerprint density at radius 2 is 1.93 bits per heavy atom. The van der Waals surface area contributed by atoms with Crippen molar-refractivity contribution in [3.63, 3.8) is 0 Å². The van der Waals surface area contributed by atoms with Gasteiger partial charge in [0.25, 0.3) is 0 Å². The largest absolute Gasteiger partial charge is 0.355 e.